The summed E-state index contributed by atoms with van der Waals surface area (Å²) >= 11 is 0. The van der Waals surface area contributed by atoms with Crippen LogP contribution in [0.4, 0.5) is 0 Å². The highest BCUT2D eigenvalue weighted by molar-refractivity contribution is 5.91. The van der Waals surface area contributed by atoms with E-state index in [4.69, 9.17) is 10.5 Å². The summed E-state index contributed by atoms with van der Waals surface area (Å²) < 4.78 is 6.42. The van der Waals surface area contributed by atoms with Crippen molar-refractivity contribution in [3.63, 3.8) is 0 Å². The van der Waals surface area contributed by atoms with Crippen molar-refractivity contribution in [3.05, 3.63) is 65.2 Å². The van der Waals surface area contributed by atoms with E-state index in [0.717, 1.165) is 61.2 Å². The number of fused-ring (bicyclic) bond motifs is 1. The molecular formula is C28H40N4O3. The van der Waals surface area contributed by atoms with Gasteiger partial charge in [0.05, 0.1) is 0 Å². The standard InChI is InChI=1S/C28H40N4O3/c1-3-4-16-32-26(34)14-8-21-7-13-25-24(18-21)27(20(2)31-17-6-5-15-30-19-29)28(35-25)22-9-11-23(33)12-10-22/h7-14,18,20,27-28,30-31,33H,3-6,15-17,19,29H2,1-2H3,(H,32,34)/b14-8+. The van der Waals surface area contributed by atoms with Gasteiger partial charge in [0.2, 0.25) is 5.91 Å². The van der Waals surface area contributed by atoms with Crippen LogP contribution in [0.2, 0.25) is 0 Å². The number of hydrogen-bond donors (Lipinski definition) is 5. The monoisotopic (exact) mass is 480 g/mol. The van der Waals surface area contributed by atoms with Gasteiger partial charge in [-0.2, -0.15) is 0 Å². The van der Waals surface area contributed by atoms with Crippen LogP contribution in [-0.2, 0) is 4.79 Å². The molecule has 3 rings (SSSR count). The maximum Gasteiger partial charge on any atom is 0.243 e. The number of nitrogens with two attached hydrogens (primary N) is 1. The molecule has 0 fully saturated rings. The van der Waals surface area contributed by atoms with E-state index >= 15 is 0 Å². The van der Waals surface area contributed by atoms with Crippen LogP contribution in [0.3, 0.4) is 0 Å². The van der Waals surface area contributed by atoms with Crippen LogP contribution in [0, 0.1) is 0 Å². The van der Waals surface area contributed by atoms with Crippen molar-refractivity contribution in [1.29, 1.82) is 0 Å². The van der Waals surface area contributed by atoms with Crippen LogP contribution in [0.5, 0.6) is 11.5 Å². The molecule has 0 saturated carbocycles. The third-order valence-corrected chi connectivity index (χ3v) is 6.38. The number of ether oxygens (including phenoxy) is 1. The van der Waals surface area contributed by atoms with E-state index in [0.29, 0.717) is 13.2 Å². The zero-order valence-corrected chi connectivity index (χ0v) is 20.9. The van der Waals surface area contributed by atoms with Crippen LogP contribution in [0.1, 0.15) is 68.2 Å². The average molecular weight is 481 g/mol. The number of aromatic hydroxyl groups is 1. The Kier molecular flexibility index (Phi) is 10.6. The van der Waals surface area contributed by atoms with Crippen molar-refractivity contribution in [2.75, 3.05) is 26.3 Å². The number of unbranched alkanes of at least 4 members (excludes halogenated alkanes) is 2. The van der Waals surface area contributed by atoms with Gasteiger partial charge in [-0.25, -0.2) is 0 Å². The van der Waals surface area contributed by atoms with Crippen LogP contribution < -0.4 is 26.4 Å². The average Bonchev–Trinajstić information content (AvgIpc) is 3.24. The molecule has 35 heavy (non-hydrogen) atoms. The Hall–Kier alpha value is -2.87. The van der Waals surface area contributed by atoms with Crippen molar-refractivity contribution in [1.82, 2.24) is 16.0 Å². The summed E-state index contributed by atoms with van der Waals surface area (Å²) in [6.07, 6.45) is 7.43. The summed E-state index contributed by atoms with van der Waals surface area (Å²) in [5, 5.41) is 19.5. The largest absolute Gasteiger partial charge is 0.508 e. The zero-order valence-electron chi connectivity index (χ0n) is 20.9. The molecule has 7 nitrogen and oxygen atoms in total. The van der Waals surface area contributed by atoms with E-state index < -0.39 is 0 Å². The van der Waals surface area contributed by atoms with Gasteiger partial charge in [0, 0.05) is 36.8 Å². The molecule has 1 heterocycles. The molecule has 2 aromatic rings. The number of phenols is 1. The van der Waals surface area contributed by atoms with E-state index in [1.807, 2.05) is 30.3 Å². The quantitative estimate of drug-likeness (QED) is 0.160. The first-order valence-electron chi connectivity index (χ1n) is 12.7. The van der Waals surface area contributed by atoms with Crippen molar-refractivity contribution in [3.8, 4) is 11.5 Å². The number of benzene rings is 2. The normalized spacial score (nSPS) is 17.8. The molecule has 1 aliphatic heterocycles. The predicted molar refractivity (Wildman–Crippen MR) is 141 cm³/mol. The number of rotatable bonds is 14. The van der Waals surface area contributed by atoms with E-state index in [2.05, 4.69) is 35.9 Å². The minimum Gasteiger partial charge on any atom is -0.508 e. The number of amides is 1. The summed E-state index contributed by atoms with van der Waals surface area (Å²) in [6.45, 7) is 7.31. The molecule has 2 aromatic carbocycles. The van der Waals surface area contributed by atoms with Crippen LogP contribution in [0.25, 0.3) is 6.08 Å². The summed E-state index contributed by atoms with van der Waals surface area (Å²) in [7, 11) is 0. The second-order valence-corrected chi connectivity index (χ2v) is 9.08. The third-order valence-electron chi connectivity index (χ3n) is 6.38. The molecule has 1 aliphatic rings. The van der Waals surface area contributed by atoms with Crippen molar-refractivity contribution >= 4 is 12.0 Å². The van der Waals surface area contributed by atoms with Gasteiger partial charge >= 0.3 is 0 Å². The fraction of sp³-hybridized carbons (Fsp3) is 0.464. The molecule has 0 radical (unpaired) electrons. The van der Waals surface area contributed by atoms with E-state index in [1.165, 1.54) is 0 Å². The van der Waals surface area contributed by atoms with Gasteiger partial charge in [-0.15, -0.1) is 0 Å². The number of carbonyl (C=O) groups excluding carboxylic acids is 1. The smallest absolute Gasteiger partial charge is 0.243 e. The molecule has 190 valence electrons. The lowest BCUT2D eigenvalue weighted by Crippen LogP contribution is -2.35. The molecule has 0 aliphatic carbocycles. The van der Waals surface area contributed by atoms with Crippen molar-refractivity contribution in [2.24, 2.45) is 5.73 Å². The fourth-order valence-electron chi connectivity index (χ4n) is 4.44. The number of nitrogens with one attached hydrogen (secondary N) is 3. The molecule has 0 bridgehead atoms. The second-order valence-electron chi connectivity index (χ2n) is 9.08. The van der Waals surface area contributed by atoms with E-state index in [-0.39, 0.29) is 29.7 Å². The van der Waals surface area contributed by atoms with Gasteiger partial charge in [-0.05, 0) is 80.7 Å². The topological polar surface area (TPSA) is 109 Å². The maximum absolute atomic E-state index is 12.1. The predicted octanol–water partition coefficient (Wildman–Crippen LogP) is 3.80. The Morgan fingerprint density at radius 2 is 1.89 bits per heavy atom. The Balaban J connectivity index is 1.75. The zero-order chi connectivity index (χ0) is 25.0. The Morgan fingerprint density at radius 1 is 1.11 bits per heavy atom. The summed E-state index contributed by atoms with van der Waals surface area (Å²) in [6, 6.07) is 13.5. The highest BCUT2D eigenvalue weighted by Crippen LogP contribution is 2.48. The van der Waals surface area contributed by atoms with Gasteiger partial charge in [0.1, 0.15) is 17.6 Å². The van der Waals surface area contributed by atoms with Crippen LogP contribution >= 0.6 is 0 Å². The van der Waals surface area contributed by atoms with Gasteiger partial charge < -0.3 is 31.5 Å². The van der Waals surface area contributed by atoms with Gasteiger partial charge in [0.25, 0.3) is 0 Å². The summed E-state index contributed by atoms with van der Waals surface area (Å²) in [4.78, 5) is 12.1. The first kappa shape index (κ1) is 26.7. The molecule has 1 amide bonds. The van der Waals surface area contributed by atoms with Gasteiger partial charge in [-0.1, -0.05) is 31.5 Å². The Morgan fingerprint density at radius 3 is 2.63 bits per heavy atom. The molecule has 0 saturated heterocycles. The maximum atomic E-state index is 12.1. The minimum atomic E-state index is -0.163. The molecular weight excluding hydrogens is 440 g/mol. The highest BCUT2D eigenvalue weighted by atomic mass is 16.5. The molecule has 3 atom stereocenters. The van der Waals surface area contributed by atoms with Crippen molar-refractivity contribution < 1.29 is 14.6 Å². The number of hydrogen-bond acceptors (Lipinski definition) is 6. The first-order chi connectivity index (χ1) is 17.0. The van der Waals surface area contributed by atoms with Crippen LogP contribution in [0.15, 0.2) is 48.5 Å². The lowest BCUT2D eigenvalue weighted by Gasteiger charge is -2.26. The molecule has 0 spiro atoms. The Labute approximate surface area is 209 Å². The third kappa shape index (κ3) is 7.82. The lowest BCUT2D eigenvalue weighted by molar-refractivity contribution is -0.116. The van der Waals surface area contributed by atoms with Crippen LogP contribution in [-0.4, -0.2) is 43.4 Å². The summed E-state index contributed by atoms with van der Waals surface area (Å²) in [5.41, 5.74) is 8.61. The second kappa shape index (κ2) is 13.9. The first-order valence-corrected chi connectivity index (χ1v) is 12.7. The molecule has 6 N–H and O–H groups in total. The molecule has 7 heteroatoms. The highest BCUT2D eigenvalue weighted by Gasteiger charge is 2.39. The Bertz CT molecular complexity index is 961. The van der Waals surface area contributed by atoms with Gasteiger partial charge in [0.15, 0.2) is 0 Å². The fourth-order valence-corrected chi connectivity index (χ4v) is 4.44. The SMILES string of the molecule is CCCCNC(=O)/C=C/c1ccc2c(c1)C(C(C)NCCCCNCN)C(c1ccc(O)cc1)O2. The summed E-state index contributed by atoms with van der Waals surface area (Å²) in [5.74, 6) is 1.11. The van der Waals surface area contributed by atoms with E-state index in [9.17, 15) is 9.90 Å². The van der Waals surface area contributed by atoms with E-state index in [1.54, 1.807) is 18.2 Å². The lowest BCUT2D eigenvalue weighted by atomic mass is 9.85. The van der Waals surface area contributed by atoms with Crippen molar-refractivity contribution in [2.45, 2.75) is 57.6 Å². The van der Waals surface area contributed by atoms with Gasteiger partial charge in [-0.3, -0.25) is 4.79 Å². The minimum absolute atomic E-state index is 0.0760. The molecule has 0 aromatic heterocycles. The molecule has 3 unspecified atom stereocenters. The number of carbonyl (C=O) groups is 1. The number of phenolic OH excluding ortho intramolecular Hbond substituents is 1.